The minimum absolute atomic E-state index is 0.0647. The second-order valence-electron chi connectivity index (χ2n) is 6.59. The Bertz CT molecular complexity index is 517. The van der Waals surface area contributed by atoms with Gasteiger partial charge in [0.25, 0.3) is 0 Å². The number of carbonyl (C=O) groups excluding carboxylic acids is 4. The summed E-state index contributed by atoms with van der Waals surface area (Å²) in [5.41, 5.74) is -0.0917. The summed E-state index contributed by atoms with van der Waals surface area (Å²) in [4.78, 5) is 47.9. The van der Waals surface area contributed by atoms with Crippen molar-refractivity contribution in [3.8, 4) is 0 Å². The SMILES string of the molecule is CC(=O)CN(/C=C/C=C1C(=O)CC(C)(C)CC1=O)CC(C)=O. The maximum Gasteiger partial charge on any atom is 0.166 e. The summed E-state index contributed by atoms with van der Waals surface area (Å²) in [6.07, 6.45) is 5.30. The molecule has 0 unspecified atom stereocenters. The fourth-order valence-electron chi connectivity index (χ4n) is 2.46. The van der Waals surface area contributed by atoms with E-state index in [1.54, 1.807) is 17.2 Å². The van der Waals surface area contributed by atoms with Crippen LogP contribution in [0, 0.1) is 5.41 Å². The molecule has 22 heavy (non-hydrogen) atoms. The van der Waals surface area contributed by atoms with E-state index in [4.69, 9.17) is 0 Å². The van der Waals surface area contributed by atoms with E-state index in [1.165, 1.54) is 19.9 Å². The monoisotopic (exact) mass is 305 g/mol. The summed E-state index contributed by atoms with van der Waals surface area (Å²) in [5, 5.41) is 0. The molecule has 0 bridgehead atoms. The van der Waals surface area contributed by atoms with Crippen LogP contribution in [0.4, 0.5) is 0 Å². The topological polar surface area (TPSA) is 71.5 Å². The summed E-state index contributed by atoms with van der Waals surface area (Å²) >= 11 is 0. The van der Waals surface area contributed by atoms with Crippen LogP contribution in [0.2, 0.25) is 0 Å². The second kappa shape index (κ2) is 7.29. The lowest BCUT2D eigenvalue weighted by molar-refractivity contribution is -0.127. The van der Waals surface area contributed by atoms with Crippen molar-refractivity contribution in [3.05, 3.63) is 23.9 Å². The van der Waals surface area contributed by atoms with Gasteiger partial charge in [-0.1, -0.05) is 13.8 Å². The number of allylic oxidation sites excluding steroid dienone is 3. The van der Waals surface area contributed by atoms with Crippen LogP contribution in [-0.2, 0) is 19.2 Å². The molecule has 0 aromatic rings. The van der Waals surface area contributed by atoms with Gasteiger partial charge in [0.1, 0.15) is 11.6 Å². The van der Waals surface area contributed by atoms with Gasteiger partial charge in [-0.15, -0.1) is 0 Å². The molecule has 5 nitrogen and oxygen atoms in total. The van der Waals surface area contributed by atoms with Crippen molar-refractivity contribution in [1.82, 2.24) is 4.90 Å². The molecule has 0 spiro atoms. The molecule has 1 rings (SSSR count). The number of rotatable bonds is 6. The first-order chi connectivity index (χ1) is 10.1. The summed E-state index contributed by atoms with van der Waals surface area (Å²) in [6, 6.07) is 0. The van der Waals surface area contributed by atoms with Crippen LogP contribution in [-0.4, -0.2) is 41.1 Å². The van der Waals surface area contributed by atoms with Gasteiger partial charge in [0, 0.05) is 12.8 Å². The van der Waals surface area contributed by atoms with Crippen LogP contribution < -0.4 is 0 Å². The number of carbonyl (C=O) groups is 4. The zero-order valence-corrected chi connectivity index (χ0v) is 13.6. The normalized spacial score (nSPS) is 17.7. The molecule has 0 aromatic carbocycles. The molecule has 0 heterocycles. The molecule has 1 fully saturated rings. The molecule has 0 radical (unpaired) electrons. The molecule has 1 aliphatic rings. The van der Waals surface area contributed by atoms with Crippen LogP contribution in [0.1, 0.15) is 40.5 Å². The van der Waals surface area contributed by atoms with Crippen molar-refractivity contribution in [3.63, 3.8) is 0 Å². The van der Waals surface area contributed by atoms with Crippen LogP contribution in [0.25, 0.3) is 0 Å². The Hall–Kier alpha value is -2.04. The van der Waals surface area contributed by atoms with Crippen molar-refractivity contribution in [1.29, 1.82) is 0 Å². The lowest BCUT2D eigenvalue weighted by Crippen LogP contribution is -2.31. The summed E-state index contributed by atoms with van der Waals surface area (Å²) in [7, 11) is 0. The van der Waals surface area contributed by atoms with E-state index in [0.717, 1.165) is 0 Å². The quantitative estimate of drug-likeness (QED) is 0.553. The Kier molecular flexibility index (Phi) is 5.97. The van der Waals surface area contributed by atoms with Gasteiger partial charge in [0.15, 0.2) is 11.6 Å². The Balaban J connectivity index is 2.83. The van der Waals surface area contributed by atoms with Gasteiger partial charge in [-0.2, -0.15) is 0 Å². The Labute approximate surface area is 131 Å². The van der Waals surface area contributed by atoms with Crippen molar-refractivity contribution < 1.29 is 19.2 Å². The number of hydrogen-bond donors (Lipinski definition) is 0. The van der Waals surface area contributed by atoms with Crippen molar-refractivity contribution >= 4 is 23.1 Å². The minimum Gasteiger partial charge on any atom is -0.363 e. The average molecular weight is 305 g/mol. The zero-order chi connectivity index (χ0) is 16.9. The maximum atomic E-state index is 12.0. The van der Waals surface area contributed by atoms with E-state index >= 15 is 0 Å². The number of ketones is 4. The lowest BCUT2D eigenvalue weighted by Gasteiger charge is -2.28. The molecule has 0 amide bonds. The average Bonchev–Trinajstić information content (AvgIpc) is 2.29. The zero-order valence-electron chi connectivity index (χ0n) is 13.6. The Morgan fingerprint density at radius 3 is 1.91 bits per heavy atom. The number of hydrogen-bond acceptors (Lipinski definition) is 5. The van der Waals surface area contributed by atoms with Crippen molar-refractivity contribution in [2.45, 2.75) is 40.5 Å². The van der Waals surface area contributed by atoms with E-state index < -0.39 is 0 Å². The molecule has 0 atom stereocenters. The van der Waals surface area contributed by atoms with Gasteiger partial charge >= 0.3 is 0 Å². The smallest absolute Gasteiger partial charge is 0.166 e. The fraction of sp³-hybridized carbons (Fsp3) is 0.529. The predicted molar refractivity (Wildman–Crippen MR) is 83.2 cm³/mol. The summed E-state index contributed by atoms with van der Waals surface area (Å²) in [6.45, 7) is 6.92. The lowest BCUT2D eigenvalue weighted by atomic mass is 9.74. The standard InChI is InChI=1S/C17H23NO4/c1-12(19)10-18(11-13(2)20)7-5-6-14-15(21)8-17(3,4)9-16(14)22/h5-7H,8-11H2,1-4H3/b7-5+. The van der Waals surface area contributed by atoms with E-state index in [1.807, 2.05) is 13.8 Å². The molecule has 1 saturated carbocycles. The largest absolute Gasteiger partial charge is 0.363 e. The number of nitrogens with zero attached hydrogens (tertiary/aromatic N) is 1. The van der Waals surface area contributed by atoms with Gasteiger partial charge in [-0.25, -0.2) is 0 Å². The van der Waals surface area contributed by atoms with E-state index in [-0.39, 0.29) is 47.2 Å². The van der Waals surface area contributed by atoms with Gasteiger partial charge in [0.2, 0.25) is 0 Å². The molecule has 0 aromatic heterocycles. The first kappa shape index (κ1) is 18.0. The maximum absolute atomic E-state index is 12.0. The molecule has 0 aliphatic heterocycles. The summed E-state index contributed by atoms with van der Waals surface area (Å²) in [5.74, 6) is -0.443. The highest BCUT2D eigenvalue weighted by molar-refractivity contribution is 6.22. The van der Waals surface area contributed by atoms with Crippen LogP contribution in [0.15, 0.2) is 23.9 Å². The second-order valence-corrected chi connectivity index (χ2v) is 6.59. The molecule has 1 aliphatic carbocycles. The van der Waals surface area contributed by atoms with Crippen LogP contribution in [0.3, 0.4) is 0 Å². The minimum atomic E-state index is -0.287. The third-order valence-electron chi connectivity index (χ3n) is 3.29. The van der Waals surface area contributed by atoms with Gasteiger partial charge in [0.05, 0.1) is 18.7 Å². The third kappa shape index (κ3) is 5.76. The highest BCUT2D eigenvalue weighted by Crippen LogP contribution is 2.33. The molecule has 0 N–H and O–H groups in total. The van der Waals surface area contributed by atoms with Gasteiger partial charge < -0.3 is 4.90 Å². The van der Waals surface area contributed by atoms with Gasteiger partial charge in [-0.05, 0) is 37.6 Å². The van der Waals surface area contributed by atoms with Gasteiger partial charge in [-0.3, -0.25) is 19.2 Å². The highest BCUT2D eigenvalue weighted by Gasteiger charge is 2.35. The molecule has 5 heteroatoms. The van der Waals surface area contributed by atoms with Crippen molar-refractivity contribution in [2.24, 2.45) is 5.41 Å². The fourth-order valence-corrected chi connectivity index (χ4v) is 2.46. The highest BCUT2D eigenvalue weighted by atomic mass is 16.2. The summed E-state index contributed by atoms with van der Waals surface area (Å²) < 4.78 is 0. The van der Waals surface area contributed by atoms with Crippen LogP contribution in [0.5, 0.6) is 0 Å². The Morgan fingerprint density at radius 2 is 1.50 bits per heavy atom. The first-order valence-corrected chi connectivity index (χ1v) is 7.28. The molecular formula is C17H23NO4. The molecule has 0 saturated heterocycles. The molecular weight excluding hydrogens is 282 g/mol. The predicted octanol–water partition coefficient (Wildman–Crippen LogP) is 1.86. The van der Waals surface area contributed by atoms with Crippen molar-refractivity contribution in [2.75, 3.05) is 13.1 Å². The first-order valence-electron chi connectivity index (χ1n) is 7.28. The Morgan fingerprint density at radius 1 is 1.05 bits per heavy atom. The van der Waals surface area contributed by atoms with Crippen LogP contribution >= 0.6 is 0 Å². The number of Topliss-reactive ketones (excluding diaryl/α,β-unsaturated/α-hetero) is 4. The molecule has 120 valence electrons. The van der Waals surface area contributed by atoms with E-state index in [9.17, 15) is 19.2 Å². The third-order valence-corrected chi connectivity index (χ3v) is 3.29. The van der Waals surface area contributed by atoms with E-state index in [0.29, 0.717) is 12.8 Å². The van der Waals surface area contributed by atoms with E-state index in [2.05, 4.69) is 0 Å².